The predicted molar refractivity (Wildman–Crippen MR) is 254 cm³/mol. The largest absolute Gasteiger partial charge is 0.479 e. The normalized spacial score (nSPS) is 47.2. The second-order valence-electron chi connectivity index (χ2n) is 24.0. The minimum Gasteiger partial charge on any atom is -0.479 e. The summed E-state index contributed by atoms with van der Waals surface area (Å²) < 4.78 is 42.7. The van der Waals surface area contributed by atoms with E-state index in [0.29, 0.717) is 50.5 Å². The number of carbonyl (C=O) groups is 4. The Morgan fingerprint density at radius 1 is 0.806 bits per heavy atom. The van der Waals surface area contributed by atoms with Crippen LogP contribution >= 0.6 is 0 Å². The zero-order valence-electron chi connectivity index (χ0n) is 43.8. The van der Waals surface area contributed by atoms with Crippen LogP contribution in [0.4, 0.5) is 0 Å². The van der Waals surface area contributed by atoms with Gasteiger partial charge in [-0.3, -0.25) is 9.59 Å². The van der Waals surface area contributed by atoms with Gasteiger partial charge >= 0.3 is 23.9 Å². The van der Waals surface area contributed by atoms with Crippen LogP contribution in [0.2, 0.25) is 0 Å². The van der Waals surface area contributed by atoms with E-state index < -0.39 is 161 Å². The summed E-state index contributed by atoms with van der Waals surface area (Å²) in [5.74, 6) is -4.47. The lowest BCUT2D eigenvalue weighted by Crippen LogP contribution is -2.73. The number of hydrogen-bond donors (Lipinski definition) is 8. The van der Waals surface area contributed by atoms with Gasteiger partial charge in [0.05, 0.1) is 37.3 Å². The Morgan fingerprint density at radius 2 is 1.49 bits per heavy atom. The molecule has 2 heterocycles. The predicted octanol–water partition coefficient (Wildman–Crippen LogP) is 3.09. The summed E-state index contributed by atoms with van der Waals surface area (Å²) in [6, 6.07) is 0. The molecule has 22 atom stereocenters. The number of aliphatic carboxylic acids is 1. The smallest absolute Gasteiger partial charge is 0.335 e. The van der Waals surface area contributed by atoms with Crippen LogP contribution in [0.1, 0.15) is 128 Å². The van der Waals surface area contributed by atoms with Gasteiger partial charge in [0.1, 0.15) is 48.8 Å². The minimum absolute atomic E-state index is 0.0197. The number of fused-ring (bicyclic) bond motifs is 7. The summed E-state index contributed by atoms with van der Waals surface area (Å²) in [6.07, 6.45) is -12.0. The van der Waals surface area contributed by atoms with Gasteiger partial charge in [-0.2, -0.15) is 0 Å². The van der Waals surface area contributed by atoms with E-state index in [2.05, 4.69) is 26.8 Å². The minimum atomic E-state index is -1.97. The third-order valence-electron chi connectivity index (χ3n) is 19.8. The Morgan fingerprint density at radius 3 is 2.08 bits per heavy atom. The first-order valence-electron chi connectivity index (χ1n) is 25.9. The third kappa shape index (κ3) is 8.98. The van der Waals surface area contributed by atoms with Gasteiger partial charge in [-0.15, -0.1) is 0 Å². The van der Waals surface area contributed by atoms with E-state index in [4.69, 9.17) is 33.2 Å². The van der Waals surface area contributed by atoms with Crippen LogP contribution in [0.15, 0.2) is 23.3 Å². The highest BCUT2D eigenvalue weighted by atomic mass is 16.7. The topological polar surface area (TPSA) is 295 Å². The van der Waals surface area contributed by atoms with Crippen molar-refractivity contribution in [2.24, 2.45) is 56.2 Å². The van der Waals surface area contributed by atoms with Gasteiger partial charge in [0, 0.05) is 23.3 Å². The quantitative estimate of drug-likeness (QED) is 0.0432. The monoisotopic (exact) mass is 1020 g/mol. The molecular weight excluding hydrogens is 941 g/mol. The number of hydrogen-bond acceptors (Lipinski definition) is 18. The fourth-order valence-electron chi connectivity index (χ4n) is 15.0. The van der Waals surface area contributed by atoms with Crippen molar-refractivity contribution in [3.05, 3.63) is 23.3 Å². The first kappa shape index (κ1) is 56.6. The van der Waals surface area contributed by atoms with Gasteiger partial charge in [0.2, 0.25) is 0 Å². The molecule has 8 N–H and O–H groups in total. The summed E-state index contributed by atoms with van der Waals surface area (Å²) in [5, 5.41) is 87.3. The molecule has 7 rings (SSSR count). The first-order chi connectivity index (χ1) is 33.6. The van der Waals surface area contributed by atoms with Gasteiger partial charge in [-0.25, -0.2) is 9.59 Å². The average Bonchev–Trinajstić information content (AvgIpc) is 3.32. The molecule has 0 amide bonds. The number of aliphatic hydroxyl groups is 7. The molecule has 0 spiro atoms. The van der Waals surface area contributed by atoms with Gasteiger partial charge in [-0.1, -0.05) is 73.1 Å². The number of carboxylic acids is 1. The number of carboxylic acid groups (broad SMARTS) is 1. The van der Waals surface area contributed by atoms with Crippen LogP contribution in [0, 0.1) is 56.2 Å². The Labute approximate surface area is 422 Å². The van der Waals surface area contributed by atoms with Crippen LogP contribution in [0.5, 0.6) is 0 Å². The van der Waals surface area contributed by atoms with Gasteiger partial charge in [0.25, 0.3) is 0 Å². The van der Waals surface area contributed by atoms with Crippen LogP contribution in [0.3, 0.4) is 0 Å². The Kier molecular flexibility index (Phi) is 16.1. The lowest BCUT2D eigenvalue weighted by atomic mass is 9.33. The fraction of sp³-hybridized carbons (Fsp3) is 0.849. The van der Waals surface area contributed by atoms with E-state index >= 15 is 0 Å². The van der Waals surface area contributed by atoms with Crippen LogP contribution in [-0.2, 0) is 52.3 Å². The molecule has 0 aromatic heterocycles. The second kappa shape index (κ2) is 20.5. The third-order valence-corrected chi connectivity index (χ3v) is 19.8. The summed E-state index contributed by atoms with van der Waals surface area (Å²) in [4.78, 5) is 53.5. The van der Waals surface area contributed by atoms with E-state index in [0.717, 1.165) is 5.57 Å². The standard InChI is InChI=1S/C53H82O19/c1-12-25(3)44(64)71-41-42(72-45(65)26(4)13-2)53(24-55)29(20-48(41,6)7)28-14-15-32-49(8)18-17-33(50(9,23-54)31(49)16-19-51(32,10)52(28,11)21-34(53)67-27(5)56)68-47-38(61)39(37(60)40(70-47)43(62)63)69-46-36(59)35(58)30(57)22-66-46/h12,14,26,29-42,46-47,54-55,57-61H,13,15-24H2,1-11H3,(H,62,63)/b25-12-/t26?,29?,30-,31?,32?,33?,34+,35-,36+,37-,38+,39-,40-,41-,42-,46-,47+,49-,50-,51+,52+,53-/m0/s1. The van der Waals surface area contributed by atoms with E-state index in [9.17, 15) is 60.0 Å². The van der Waals surface area contributed by atoms with Crippen LogP contribution in [-0.4, -0.2) is 164 Å². The Bertz CT molecular complexity index is 2110. The van der Waals surface area contributed by atoms with Crippen molar-refractivity contribution in [2.45, 2.75) is 207 Å². The lowest BCUT2D eigenvalue weighted by Gasteiger charge is -2.72. The van der Waals surface area contributed by atoms with Gasteiger partial charge in [0.15, 0.2) is 24.8 Å². The molecule has 2 saturated heterocycles. The fourth-order valence-corrected chi connectivity index (χ4v) is 15.0. The van der Waals surface area contributed by atoms with Gasteiger partial charge in [-0.05, 0) is 99.2 Å². The van der Waals surface area contributed by atoms with E-state index in [1.54, 1.807) is 26.8 Å². The SMILES string of the molecule is C/C=C(/C)C(=O)O[C@H]1[C@H](OC(=O)C(C)CC)[C@@]2(CO)C(CC1(C)C)C1=CCC3[C@@]4(C)CCC(O[C@@H]5O[C@H](C(=O)O)[C@@H](O)[C@H](O[C@@H]6OC[C@H](O)[C@H](O)[C@H]6O)[C@H]5O)[C@@](C)(CO)C4CC[C@@]3(C)[C@]1(C)C[C@H]2OC(C)=O. The van der Waals surface area contributed by atoms with E-state index in [-0.39, 0.29) is 24.9 Å². The van der Waals surface area contributed by atoms with Crippen molar-refractivity contribution in [3.8, 4) is 0 Å². The maximum absolute atomic E-state index is 14.0. The number of esters is 3. The molecule has 0 aromatic rings. The molecular formula is C53H82O19. The molecule has 7 aliphatic rings. The average molecular weight is 1020 g/mol. The molecule has 5 aliphatic carbocycles. The second-order valence-corrected chi connectivity index (χ2v) is 24.0. The molecule has 6 fully saturated rings. The van der Waals surface area contributed by atoms with Crippen molar-refractivity contribution in [2.75, 3.05) is 19.8 Å². The maximum Gasteiger partial charge on any atom is 0.335 e. The zero-order valence-corrected chi connectivity index (χ0v) is 43.8. The molecule has 2 aliphatic heterocycles. The highest BCUT2D eigenvalue weighted by molar-refractivity contribution is 5.88. The molecule has 19 nitrogen and oxygen atoms in total. The summed E-state index contributed by atoms with van der Waals surface area (Å²) in [5.41, 5.74) is -3.36. The Hall–Kier alpha value is -3.08. The van der Waals surface area contributed by atoms with Crippen molar-refractivity contribution >= 4 is 23.9 Å². The number of aliphatic hydroxyl groups excluding tert-OH is 7. The van der Waals surface area contributed by atoms with Crippen molar-refractivity contribution in [3.63, 3.8) is 0 Å². The van der Waals surface area contributed by atoms with Crippen LogP contribution in [0.25, 0.3) is 0 Å². The van der Waals surface area contributed by atoms with Gasteiger partial charge < -0.3 is 74.0 Å². The van der Waals surface area contributed by atoms with E-state index in [1.807, 2.05) is 27.7 Å². The summed E-state index contributed by atoms with van der Waals surface area (Å²) >= 11 is 0. The van der Waals surface area contributed by atoms with Crippen LogP contribution < -0.4 is 0 Å². The molecule has 0 radical (unpaired) electrons. The number of rotatable bonds is 13. The molecule has 0 aromatic carbocycles. The number of carbonyl (C=O) groups excluding carboxylic acids is 3. The highest BCUT2D eigenvalue weighted by Gasteiger charge is 2.75. The molecule has 5 unspecified atom stereocenters. The number of ether oxygens (including phenoxy) is 7. The summed E-state index contributed by atoms with van der Waals surface area (Å²) in [6.45, 7) is 19.6. The molecule has 19 heteroatoms. The maximum atomic E-state index is 14.0. The zero-order chi connectivity index (χ0) is 53.4. The highest BCUT2D eigenvalue weighted by Crippen LogP contribution is 2.76. The molecule has 408 valence electrons. The Balaban J connectivity index is 1.24. The first-order valence-corrected chi connectivity index (χ1v) is 25.9. The lowest BCUT2D eigenvalue weighted by molar-refractivity contribution is -0.358. The molecule has 4 saturated carbocycles. The number of allylic oxidation sites excluding steroid dienone is 3. The van der Waals surface area contributed by atoms with Crippen molar-refractivity contribution < 1.29 is 93.2 Å². The van der Waals surface area contributed by atoms with E-state index in [1.165, 1.54) is 6.92 Å². The van der Waals surface area contributed by atoms with Crippen molar-refractivity contribution in [1.82, 2.24) is 0 Å². The summed E-state index contributed by atoms with van der Waals surface area (Å²) in [7, 11) is 0. The molecule has 72 heavy (non-hydrogen) atoms. The van der Waals surface area contributed by atoms with Crippen molar-refractivity contribution in [1.29, 1.82) is 0 Å². The molecule has 0 bridgehead atoms.